The molecule has 4 heteroatoms. The summed E-state index contributed by atoms with van der Waals surface area (Å²) in [5.41, 5.74) is 7.04. The molecule has 17 heavy (non-hydrogen) atoms. The first-order chi connectivity index (χ1) is 8.15. The third-order valence-electron chi connectivity index (χ3n) is 2.94. The molecule has 0 amide bonds. The largest absolute Gasteiger partial charge is 0.384 e. The maximum absolute atomic E-state index is 9.59. The standard InChI is InChI=1S/C13H18N2O2/c14-13(15)11-5-3-10(4-6-11)8-17-12(16)7-9-1-2-9/h3-6,9,12,16H,1-2,7-8H2,(H3,14,15). The molecule has 0 radical (unpaired) electrons. The molecule has 1 aliphatic carbocycles. The lowest BCUT2D eigenvalue weighted by atomic mass is 10.1. The van der Waals surface area contributed by atoms with Gasteiger partial charge >= 0.3 is 0 Å². The van der Waals surface area contributed by atoms with E-state index in [-0.39, 0.29) is 5.84 Å². The van der Waals surface area contributed by atoms with Gasteiger partial charge in [-0.25, -0.2) is 0 Å². The zero-order valence-corrected chi connectivity index (χ0v) is 9.73. The van der Waals surface area contributed by atoms with Gasteiger partial charge < -0.3 is 15.6 Å². The van der Waals surface area contributed by atoms with Crippen LogP contribution in [0.4, 0.5) is 0 Å². The van der Waals surface area contributed by atoms with Gasteiger partial charge in [0.05, 0.1) is 6.61 Å². The average molecular weight is 234 g/mol. The molecule has 1 aromatic rings. The smallest absolute Gasteiger partial charge is 0.155 e. The molecule has 1 saturated carbocycles. The van der Waals surface area contributed by atoms with E-state index in [1.807, 2.05) is 12.1 Å². The lowest BCUT2D eigenvalue weighted by Gasteiger charge is -2.11. The lowest BCUT2D eigenvalue weighted by molar-refractivity contribution is -0.114. The maximum Gasteiger partial charge on any atom is 0.155 e. The Morgan fingerprint density at radius 2 is 2.06 bits per heavy atom. The molecule has 1 aromatic carbocycles. The molecule has 2 rings (SSSR count). The van der Waals surface area contributed by atoms with Crippen LogP contribution in [0.2, 0.25) is 0 Å². The van der Waals surface area contributed by atoms with Crippen LogP contribution in [0.5, 0.6) is 0 Å². The highest BCUT2D eigenvalue weighted by Crippen LogP contribution is 2.33. The molecule has 1 aliphatic rings. The first kappa shape index (κ1) is 12.1. The molecule has 0 aromatic heterocycles. The van der Waals surface area contributed by atoms with E-state index >= 15 is 0 Å². The number of nitrogen functional groups attached to an aromatic ring is 1. The molecule has 1 atom stereocenters. The summed E-state index contributed by atoms with van der Waals surface area (Å²) < 4.78 is 5.35. The Hall–Kier alpha value is -1.39. The number of hydrogen-bond acceptors (Lipinski definition) is 3. The number of amidine groups is 1. The van der Waals surface area contributed by atoms with Gasteiger partial charge in [0.1, 0.15) is 5.84 Å². The van der Waals surface area contributed by atoms with Crippen LogP contribution in [0, 0.1) is 11.3 Å². The van der Waals surface area contributed by atoms with Crippen molar-refractivity contribution in [1.29, 1.82) is 5.41 Å². The van der Waals surface area contributed by atoms with Crippen molar-refractivity contribution in [2.45, 2.75) is 32.2 Å². The van der Waals surface area contributed by atoms with Crippen molar-refractivity contribution in [3.63, 3.8) is 0 Å². The normalized spacial score (nSPS) is 16.8. The van der Waals surface area contributed by atoms with E-state index in [1.165, 1.54) is 12.8 Å². The molecule has 0 heterocycles. The van der Waals surface area contributed by atoms with Crippen LogP contribution in [0.1, 0.15) is 30.4 Å². The van der Waals surface area contributed by atoms with Crippen LogP contribution >= 0.6 is 0 Å². The summed E-state index contributed by atoms with van der Waals surface area (Å²) in [7, 11) is 0. The summed E-state index contributed by atoms with van der Waals surface area (Å²) in [5, 5.41) is 16.9. The van der Waals surface area contributed by atoms with Crippen LogP contribution in [0.25, 0.3) is 0 Å². The molecule has 4 nitrogen and oxygen atoms in total. The topological polar surface area (TPSA) is 79.3 Å². The highest BCUT2D eigenvalue weighted by molar-refractivity contribution is 5.94. The first-order valence-corrected chi connectivity index (χ1v) is 5.88. The number of benzene rings is 1. The second-order valence-corrected chi connectivity index (χ2v) is 4.56. The Morgan fingerprint density at radius 3 is 2.59 bits per heavy atom. The second kappa shape index (κ2) is 5.29. The first-order valence-electron chi connectivity index (χ1n) is 5.88. The highest BCUT2D eigenvalue weighted by atomic mass is 16.6. The zero-order chi connectivity index (χ0) is 12.3. The minimum absolute atomic E-state index is 0.0613. The molecule has 0 saturated heterocycles. The van der Waals surface area contributed by atoms with Crippen LogP contribution in [0.3, 0.4) is 0 Å². The van der Waals surface area contributed by atoms with Crippen molar-refractivity contribution in [1.82, 2.24) is 0 Å². The number of aliphatic hydroxyl groups is 1. The van der Waals surface area contributed by atoms with Gasteiger partial charge in [0.25, 0.3) is 0 Å². The van der Waals surface area contributed by atoms with E-state index in [1.54, 1.807) is 12.1 Å². The van der Waals surface area contributed by atoms with E-state index in [9.17, 15) is 5.11 Å². The molecule has 1 fully saturated rings. The van der Waals surface area contributed by atoms with Crippen molar-refractivity contribution in [2.24, 2.45) is 11.7 Å². The van der Waals surface area contributed by atoms with Crippen LogP contribution in [0.15, 0.2) is 24.3 Å². The van der Waals surface area contributed by atoms with Gasteiger partial charge in [0.2, 0.25) is 0 Å². The fraction of sp³-hybridized carbons (Fsp3) is 0.462. The van der Waals surface area contributed by atoms with E-state index in [2.05, 4.69) is 0 Å². The van der Waals surface area contributed by atoms with Gasteiger partial charge in [-0.2, -0.15) is 0 Å². The van der Waals surface area contributed by atoms with Gasteiger partial charge in [-0.05, 0) is 24.3 Å². The molecule has 92 valence electrons. The highest BCUT2D eigenvalue weighted by Gasteiger charge is 2.24. The Morgan fingerprint density at radius 1 is 1.41 bits per heavy atom. The van der Waals surface area contributed by atoms with Gasteiger partial charge in [0.15, 0.2) is 6.29 Å². The Kier molecular flexibility index (Phi) is 3.76. The van der Waals surface area contributed by atoms with Gasteiger partial charge in [-0.1, -0.05) is 24.3 Å². The van der Waals surface area contributed by atoms with Gasteiger partial charge in [-0.3, -0.25) is 5.41 Å². The van der Waals surface area contributed by atoms with Crippen LogP contribution in [-0.2, 0) is 11.3 Å². The molecule has 4 N–H and O–H groups in total. The fourth-order valence-electron chi connectivity index (χ4n) is 1.68. The molecule has 1 unspecified atom stereocenters. The SMILES string of the molecule is N=C(N)c1ccc(COC(O)CC2CC2)cc1. The van der Waals surface area contributed by atoms with E-state index < -0.39 is 6.29 Å². The number of hydrogen-bond donors (Lipinski definition) is 3. The molecular weight excluding hydrogens is 216 g/mol. The molecule has 0 bridgehead atoms. The predicted molar refractivity (Wildman–Crippen MR) is 65.6 cm³/mol. The minimum atomic E-state index is -0.657. The van der Waals surface area contributed by atoms with Crippen molar-refractivity contribution < 1.29 is 9.84 Å². The number of rotatable bonds is 6. The van der Waals surface area contributed by atoms with Gasteiger partial charge in [-0.15, -0.1) is 0 Å². The average Bonchev–Trinajstić information content (AvgIpc) is 3.11. The quantitative estimate of drug-likeness (QED) is 0.397. The number of nitrogens with two attached hydrogens (primary N) is 1. The van der Waals surface area contributed by atoms with Crippen molar-refractivity contribution in [3.8, 4) is 0 Å². The Bertz CT molecular complexity index is 385. The monoisotopic (exact) mass is 234 g/mol. The molecule has 0 aliphatic heterocycles. The van der Waals surface area contributed by atoms with Gasteiger partial charge in [0, 0.05) is 12.0 Å². The molecular formula is C13H18N2O2. The molecule has 0 spiro atoms. The third-order valence-corrected chi connectivity index (χ3v) is 2.94. The third kappa shape index (κ3) is 3.84. The van der Waals surface area contributed by atoms with Crippen molar-refractivity contribution in [2.75, 3.05) is 0 Å². The summed E-state index contributed by atoms with van der Waals surface area (Å²) in [6, 6.07) is 7.30. The Labute approximate surface area is 101 Å². The van der Waals surface area contributed by atoms with E-state index in [0.717, 1.165) is 12.0 Å². The fourth-order valence-corrected chi connectivity index (χ4v) is 1.68. The Balaban J connectivity index is 1.79. The van der Waals surface area contributed by atoms with Crippen molar-refractivity contribution in [3.05, 3.63) is 35.4 Å². The maximum atomic E-state index is 9.59. The predicted octanol–water partition coefficient (Wildman–Crippen LogP) is 1.61. The van der Waals surface area contributed by atoms with E-state index in [0.29, 0.717) is 18.1 Å². The summed E-state index contributed by atoms with van der Waals surface area (Å²) in [6.45, 7) is 0.395. The second-order valence-electron chi connectivity index (χ2n) is 4.56. The summed E-state index contributed by atoms with van der Waals surface area (Å²) >= 11 is 0. The minimum Gasteiger partial charge on any atom is -0.384 e. The number of ether oxygens (including phenoxy) is 1. The summed E-state index contributed by atoms with van der Waals surface area (Å²) in [4.78, 5) is 0. The van der Waals surface area contributed by atoms with Crippen LogP contribution in [-0.4, -0.2) is 17.2 Å². The zero-order valence-electron chi connectivity index (χ0n) is 9.73. The van der Waals surface area contributed by atoms with Crippen LogP contribution < -0.4 is 5.73 Å². The van der Waals surface area contributed by atoms with Crippen molar-refractivity contribution >= 4 is 5.84 Å². The summed E-state index contributed by atoms with van der Waals surface area (Å²) in [6.07, 6.45) is 2.52. The lowest BCUT2D eigenvalue weighted by Crippen LogP contribution is -2.13. The van der Waals surface area contributed by atoms with E-state index in [4.69, 9.17) is 15.9 Å². The number of nitrogens with one attached hydrogen (secondary N) is 1. The summed E-state index contributed by atoms with van der Waals surface area (Å²) in [5.74, 6) is 0.719. The number of aliphatic hydroxyl groups excluding tert-OH is 1.